The summed E-state index contributed by atoms with van der Waals surface area (Å²) in [6.45, 7) is 0.0570. The molecule has 0 amide bonds. The van der Waals surface area contributed by atoms with Gasteiger partial charge in [-0.2, -0.15) is 0 Å². The van der Waals surface area contributed by atoms with Crippen LogP contribution in [0.4, 0.5) is 0 Å². The number of halogens is 1. The molecule has 0 fully saturated rings. The minimum Gasteiger partial charge on any atom is -0.491 e. The van der Waals surface area contributed by atoms with Crippen LogP contribution < -0.4 is 9.88 Å². The topological polar surface area (TPSA) is 69.4 Å². The van der Waals surface area contributed by atoms with Crippen LogP contribution in [0, 0.1) is 0 Å². The lowest BCUT2D eigenvalue weighted by molar-refractivity contribution is 0.339. The maximum atomic E-state index is 10.6. The summed E-state index contributed by atoms with van der Waals surface area (Å²) in [7, 11) is -3.45. The Morgan fingerprint density at radius 2 is 2.00 bits per heavy atom. The number of para-hydroxylation sites is 1. The van der Waals surface area contributed by atoms with Crippen molar-refractivity contribution in [2.75, 3.05) is 12.4 Å². The van der Waals surface area contributed by atoms with Crippen LogP contribution in [0.1, 0.15) is 0 Å². The van der Waals surface area contributed by atoms with E-state index in [0.29, 0.717) is 5.75 Å². The standard InChI is InChI=1S/C8H10BrNO3S/c9-7-3-1-2-4-8(7)13-5-6-14(10,11)12/h1-4H,5-6H2,(H2,10,11,12). The van der Waals surface area contributed by atoms with Crippen LogP contribution in [0.25, 0.3) is 0 Å². The summed E-state index contributed by atoms with van der Waals surface area (Å²) < 4.78 is 27.2. The predicted molar refractivity (Wildman–Crippen MR) is 57.6 cm³/mol. The van der Waals surface area contributed by atoms with Gasteiger partial charge >= 0.3 is 0 Å². The molecule has 1 aromatic rings. The normalized spacial score (nSPS) is 11.3. The first-order valence-electron chi connectivity index (χ1n) is 3.87. The molecule has 4 nitrogen and oxygen atoms in total. The second-order valence-electron chi connectivity index (χ2n) is 2.65. The number of primary sulfonamides is 1. The second kappa shape index (κ2) is 4.77. The van der Waals surface area contributed by atoms with Crippen molar-refractivity contribution in [2.45, 2.75) is 0 Å². The average Bonchev–Trinajstić information content (AvgIpc) is 2.06. The highest BCUT2D eigenvalue weighted by Crippen LogP contribution is 2.23. The van der Waals surface area contributed by atoms with Gasteiger partial charge in [-0.3, -0.25) is 0 Å². The third-order valence-electron chi connectivity index (χ3n) is 1.46. The molecule has 0 saturated carbocycles. The van der Waals surface area contributed by atoms with Crippen molar-refractivity contribution in [3.8, 4) is 5.75 Å². The number of hydrogen-bond donors (Lipinski definition) is 1. The van der Waals surface area contributed by atoms with Gasteiger partial charge in [-0.05, 0) is 28.1 Å². The molecule has 1 aromatic carbocycles. The summed E-state index contributed by atoms with van der Waals surface area (Å²) in [5.41, 5.74) is 0. The molecule has 0 atom stereocenters. The van der Waals surface area contributed by atoms with Gasteiger partial charge in [0, 0.05) is 0 Å². The Kier molecular flexibility index (Phi) is 3.91. The van der Waals surface area contributed by atoms with E-state index in [9.17, 15) is 8.42 Å². The van der Waals surface area contributed by atoms with Gasteiger partial charge in [0.2, 0.25) is 10.0 Å². The van der Waals surface area contributed by atoms with E-state index < -0.39 is 10.0 Å². The molecule has 6 heteroatoms. The van der Waals surface area contributed by atoms with Crippen molar-refractivity contribution in [1.82, 2.24) is 0 Å². The molecule has 1 rings (SSSR count). The number of ether oxygens (including phenoxy) is 1. The van der Waals surface area contributed by atoms with E-state index in [-0.39, 0.29) is 12.4 Å². The lowest BCUT2D eigenvalue weighted by Crippen LogP contribution is -2.21. The van der Waals surface area contributed by atoms with E-state index in [1.165, 1.54) is 0 Å². The average molecular weight is 280 g/mol. The molecular formula is C8H10BrNO3S. The van der Waals surface area contributed by atoms with Crippen LogP contribution in [0.3, 0.4) is 0 Å². The number of hydrogen-bond acceptors (Lipinski definition) is 3. The quantitative estimate of drug-likeness (QED) is 0.898. The zero-order valence-electron chi connectivity index (χ0n) is 7.31. The highest BCUT2D eigenvalue weighted by atomic mass is 79.9. The van der Waals surface area contributed by atoms with Crippen LogP contribution in [-0.2, 0) is 10.0 Å². The van der Waals surface area contributed by atoms with Crippen LogP contribution in [0.2, 0.25) is 0 Å². The molecule has 0 aliphatic rings. The van der Waals surface area contributed by atoms with Gasteiger partial charge in [-0.1, -0.05) is 12.1 Å². The highest BCUT2D eigenvalue weighted by Gasteiger charge is 2.04. The van der Waals surface area contributed by atoms with Gasteiger partial charge in [0.1, 0.15) is 12.4 Å². The van der Waals surface area contributed by atoms with Crippen molar-refractivity contribution in [3.05, 3.63) is 28.7 Å². The Morgan fingerprint density at radius 1 is 1.36 bits per heavy atom. The van der Waals surface area contributed by atoms with Crippen molar-refractivity contribution >= 4 is 26.0 Å². The molecule has 0 unspecified atom stereocenters. The maximum absolute atomic E-state index is 10.6. The summed E-state index contributed by atoms with van der Waals surface area (Å²) in [6.07, 6.45) is 0. The van der Waals surface area contributed by atoms with E-state index in [4.69, 9.17) is 9.88 Å². The largest absolute Gasteiger partial charge is 0.491 e. The highest BCUT2D eigenvalue weighted by molar-refractivity contribution is 9.10. The lowest BCUT2D eigenvalue weighted by Gasteiger charge is -2.06. The van der Waals surface area contributed by atoms with Gasteiger partial charge in [-0.15, -0.1) is 0 Å². The number of rotatable bonds is 4. The van der Waals surface area contributed by atoms with Crippen molar-refractivity contribution < 1.29 is 13.2 Å². The van der Waals surface area contributed by atoms with Crippen LogP contribution in [0.15, 0.2) is 28.7 Å². The van der Waals surface area contributed by atoms with E-state index in [1.54, 1.807) is 12.1 Å². The first-order chi connectivity index (χ1) is 6.49. The van der Waals surface area contributed by atoms with Crippen LogP contribution in [0.5, 0.6) is 5.75 Å². The van der Waals surface area contributed by atoms with Gasteiger partial charge in [0.05, 0.1) is 10.2 Å². The molecule has 0 bridgehead atoms. The molecule has 0 aliphatic heterocycles. The Morgan fingerprint density at radius 3 is 2.57 bits per heavy atom. The third-order valence-corrected chi connectivity index (χ3v) is 2.85. The lowest BCUT2D eigenvalue weighted by atomic mass is 10.3. The first-order valence-corrected chi connectivity index (χ1v) is 6.38. The number of benzene rings is 1. The molecule has 0 spiro atoms. The minimum atomic E-state index is -3.45. The van der Waals surface area contributed by atoms with Gasteiger partial charge in [-0.25, -0.2) is 13.6 Å². The Hall–Kier alpha value is -0.590. The molecular weight excluding hydrogens is 270 g/mol. The van der Waals surface area contributed by atoms with Gasteiger partial charge in [0.25, 0.3) is 0 Å². The fourth-order valence-electron chi connectivity index (χ4n) is 0.830. The van der Waals surface area contributed by atoms with Gasteiger partial charge in [0.15, 0.2) is 0 Å². The summed E-state index contributed by atoms with van der Waals surface area (Å²) in [4.78, 5) is 0. The zero-order valence-corrected chi connectivity index (χ0v) is 9.71. The molecule has 2 N–H and O–H groups in total. The van der Waals surface area contributed by atoms with Crippen LogP contribution in [-0.4, -0.2) is 20.8 Å². The molecule has 0 saturated heterocycles. The van der Waals surface area contributed by atoms with E-state index in [1.807, 2.05) is 12.1 Å². The summed E-state index contributed by atoms with van der Waals surface area (Å²) >= 11 is 3.27. The molecule has 14 heavy (non-hydrogen) atoms. The minimum absolute atomic E-state index is 0.0570. The monoisotopic (exact) mass is 279 g/mol. The molecule has 0 aliphatic carbocycles. The SMILES string of the molecule is NS(=O)(=O)CCOc1ccccc1Br. The molecule has 0 radical (unpaired) electrons. The molecule has 78 valence electrons. The van der Waals surface area contributed by atoms with Crippen molar-refractivity contribution in [3.63, 3.8) is 0 Å². The van der Waals surface area contributed by atoms with E-state index in [2.05, 4.69) is 15.9 Å². The zero-order chi connectivity index (χ0) is 10.6. The Balaban J connectivity index is 2.51. The number of nitrogens with two attached hydrogens (primary N) is 1. The van der Waals surface area contributed by atoms with Gasteiger partial charge < -0.3 is 4.74 Å². The van der Waals surface area contributed by atoms with Crippen LogP contribution >= 0.6 is 15.9 Å². The fraction of sp³-hybridized carbons (Fsp3) is 0.250. The summed E-state index contributed by atoms with van der Waals surface area (Å²) in [5.74, 6) is 0.421. The summed E-state index contributed by atoms with van der Waals surface area (Å²) in [6, 6.07) is 7.20. The smallest absolute Gasteiger partial charge is 0.212 e. The van der Waals surface area contributed by atoms with E-state index in [0.717, 1.165) is 4.47 Å². The predicted octanol–water partition coefficient (Wildman–Crippen LogP) is 1.12. The second-order valence-corrected chi connectivity index (χ2v) is 5.23. The number of sulfonamides is 1. The van der Waals surface area contributed by atoms with E-state index >= 15 is 0 Å². The van der Waals surface area contributed by atoms with Crippen molar-refractivity contribution in [2.24, 2.45) is 5.14 Å². The first kappa shape index (κ1) is 11.5. The van der Waals surface area contributed by atoms with Crippen molar-refractivity contribution in [1.29, 1.82) is 0 Å². The summed E-state index contributed by atoms with van der Waals surface area (Å²) in [5, 5.41) is 4.82. The molecule has 0 heterocycles. The third kappa shape index (κ3) is 4.08. The Labute approximate surface area is 91.2 Å². The fourth-order valence-corrected chi connectivity index (χ4v) is 1.54. The Bertz CT molecular complexity index is 405. The molecule has 0 aromatic heterocycles. The maximum Gasteiger partial charge on any atom is 0.212 e.